The monoisotopic (exact) mass is 329 g/mol. The molecule has 0 bridgehead atoms. The Morgan fingerprint density at radius 1 is 0.957 bits per heavy atom. The summed E-state index contributed by atoms with van der Waals surface area (Å²) in [6.45, 7) is 2.25. The SMILES string of the molecule is CCN(C1=C(Cl)C(=O)c2ccccc2C1=O)c1ccc(F)cc1. The molecule has 116 valence electrons. The van der Waals surface area contributed by atoms with Gasteiger partial charge in [-0.3, -0.25) is 9.59 Å². The molecule has 2 aromatic carbocycles. The second kappa shape index (κ2) is 5.97. The van der Waals surface area contributed by atoms with Gasteiger partial charge in [0.1, 0.15) is 16.5 Å². The van der Waals surface area contributed by atoms with Gasteiger partial charge in [-0.1, -0.05) is 35.9 Å². The quantitative estimate of drug-likeness (QED) is 0.847. The number of benzene rings is 2. The number of Topliss-reactive ketones (excluding diaryl/α,β-unsaturated/α-hetero) is 2. The van der Waals surface area contributed by atoms with Crippen LogP contribution in [0.15, 0.2) is 59.3 Å². The van der Waals surface area contributed by atoms with Gasteiger partial charge in [-0.25, -0.2) is 4.39 Å². The summed E-state index contributed by atoms with van der Waals surface area (Å²) in [6.07, 6.45) is 0. The summed E-state index contributed by atoms with van der Waals surface area (Å²) in [5.74, 6) is -1.06. The minimum absolute atomic E-state index is 0.111. The third-order valence-corrected chi connectivity index (χ3v) is 4.11. The number of nitrogens with zero attached hydrogens (tertiary/aromatic N) is 1. The van der Waals surface area contributed by atoms with Gasteiger partial charge in [0, 0.05) is 23.4 Å². The molecule has 0 saturated heterocycles. The summed E-state index contributed by atoms with van der Waals surface area (Å²) >= 11 is 6.20. The number of hydrogen-bond acceptors (Lipinski definition) is 3. The minimum atomic E-state index is -0.377. The standard InChI is InChI=1S/C18H13ClFNO2/c1-2-21(12-9-7-11(20)8-10-12)16-15(19)17(22)13-5-3-4-6-14(13)18(16)23/h3-10H,2H2,1H3. The second-order valence-corrected chi connectivity index (χ2v) is 5.47. The molecule has 2 aromatic rings. The van der Waals surface area contributed by atoms with E-state index < -0.39 is 0 Å². The Kier molecular flexibility index (Phi) is 4.01. The number of allylic oxidation sites excluding steroid dienone is 2. The van der Waals surface area contributed by atoms with E-state index in [1.165, 1.54) is 12.1 Å². The number of carbonyl (C=O) groups excluding carboxylic acids is 2. The fourth-order valence-corrected chi connectivity index (χ4v) is 2.95. The molecule has 0 saturated carbocycles. The zero-order chi connectivity index (χ0) is 16.6. The van der Waals surface area contributed by atoms with Crippen LogP contribution in [0.1, 0.15) is 27.6 Å². The van der Waals surface area contributed by atoms with Crippen LogP contribution in [0.2, 0.25) is 0 Å². The number of rotatable bonds is 3. The molecule has 3 nitrogen and oxygen atoms in total. The van der Waals surface area contributed by atoms with Gasteiger partial charge in [-0.15, -0.1) is 0 Å². The fraction of sp³-hybridized carbons (Fsp3) is 0.111. The van der Waals surface area contributed by atoms with Crippen LogP contribution < -0.4 is 4.90 Å². The zero-order valence-corrected chi connectivity index (χ0v) is 13.1. The number of anilines is 1. The average Bonchev–Trinajstić information content (AvgIpc) is 2.58. The van der Waals surface area contributed by atoms with E-state index in [0.717, 1.165) is 0 Å². The first kappa shape index (κ1) is 15.4. The topological polar surface area (TPSA) is 37.4 Å². The fourth-order valence-electron chi connectivity index (χ4n) is 2.66. The first-order valence-electron chi connectivity index (χ1n) is 7.16. The third kappa shape index (κ3) is 2.55. The lowest BCUT2D eigenvalue weighted by molar-refractivity contribution is 0.0978. The van der Waals surface area contributed by atoms with E-state index in [9.17, 15) is 14.0 Å². The smallest absolute Gasteiger partial charge is 0.211 e. The van der Waals surface area contributed by atoms with Crippen molar-refractivity contribution >= 4 is 28.9 Å². The van der Waals surface area contributed by atoms with E-state index in [-0.39, 0.29) is 28.1 Å². The van der Waals surface area contributed by atoms with Gasteiger partial charge in [0.15, 0.2) is 0 Å². The lowest BCUT2D eigenvalue weighted by Gasteiger charge is -2.29. The van der Waals surface area contributed by atoms with E-state index in [4.69, 9.17) is 11.6 Å². The summed E-state index contributed by atoms with van der Waals surface area (Å²) in [7, 11) is 0. The minimum Gasteiger partial charge on any atom is -0.337 e. The van der Waals surface area contributed by atoms with Crippen LogP contribution in [0.25, 0.3) is 0 Å². The van der Waals surface area contributed by atoms with Crippen molar-refractivity contribution in [3.8, 4) is 0 Å². The molecule has 1 aliphatic carbocycles. The molecule has 5 heteroatoms. The Hall–Kier alpha value is -2.46. The highest BCUT2D eigenvalue weighted by Crippen LogP contribution is 2.33. The summed E-state index contributed by atoms with van der Waals surface area (Å²) in [4.78, 5) is 26.9. The zero-order valence-electron chi connectivity index (χ0n) is 12.3. The normalized spacial score (nSPS) is 14.0. The van der Waals surface area contributed by atoms with E-state index in [0.29, 0.717) is 23.4 Å². The van der Waals surface area contributed by atoms with Gasteiger partial charge < -0.3 is 4.90 Å². The number of ketones is 2. The van der Waals surface area contributed by atoms with Crippen molar-refractivity contribution in [2.24, 2.45) is 0 Å². The number of halogens is 2. The van der Waals surface area contributed by atoms with Crippen LogP contribution in [-0.4, -0.2) is 18.1 Å². The molecule has 0 unspecified atom stereocenters. The predicted molar refractivity (Wildman–Crippen MR) is 87.4 cm³/mol. The van der Waals surface area contributed by atoms with Crippen LogP contribution in [-0.2, 0) is 0 Å². The summed E-state index contributed by atoms with van der Waals surface area (Å²) < 4.78 is 13.1. The van der Waals surface area contributed by atoms with Crippen molar-refractivity contribution < 1.29 is 14.0 Å². The van der Waals surface area contributed by atoms with Crippen LogP contribution in [0.5, 0.6) is 0 Å². The molecular formula is C18H13ClFNO2. The first-order valence-corrected chi connectivity index (χ1v) is 7.53. The van der Waals surface area contributed by atoms with E-state index in [1.54, 1.807) is 41.3 Å². The van der Waals surface area contributed by atoms with Crippen molar-refractivity contribution in [2.45, 2.75) is 6.92 Å². The van der Waals surface area contributed by atoms with Crippen molar-refractivity contribution in [1.82, 2.24) is 0 Å². The molecule has 0 spiro atoms. The van der Waals surface area contributed by atoms with E-state index in [2.05, 4.69) is 0 Å². The Morgan fingerprint density at radius 3 is 2.09 bits per heavy atom. The Bertz CT molecular complexity index is 827. The molecule has 3 rings (SSSR count). The number of fused-ring (bicyclic) bond motifs is 1. The summed E-state index contributed by atoms with van der Waals surface area (Å²) in [5.41, 5.74) is 1.37. The van der Waals surface area contributed by atoms with Gasteiger partial charge in [-0.05, 0) is 31.2 Å². The van der Waals surface area contributed by atoms with Crippen molar-refractivity contribution in [3.63, 3.8) is 0 Å². The van der Waals surface area contributed by atoms with Gasteiger partial charge in [0.2, 0.25) is 11.6 Å². The Labute approximate surface area is 138 Å². The summed E-state index contributed by atoms with van der Waals surface area (Å²) in [6, 6.07) is 12.3. The molecule has 0 fully saturated rings. The average molecular weight is 330 g/mol. The molecule has 0 aliphatic heterocycles. The summed E-state index contributed by atoms with van der Waals surface area (Å²) in [5, 5.41) is -0.111. The predicted octanol–water partition coefficient (Wildman–Crippen LogP) is 4.18. The van der Waals surface area contributed by atoms with Gasteiger partial charge in [0.25, 0.3) is 0 Å². The Morgan fingerprint density at radius 2 is 1.52 bits per heavy atom. The van der Waals surface area contributed by atoms with Gasteiger partial charge >= 0.3 is 0 Å². The van der Waals surface area contributed by atoms with E-state index in [1.807, 2.05) is 6.92 Å². The van der Waals surface area contributed by atoms with Gasteiger partial charge in [-0.2, -0.15) is 0 Å². The van der Waals surface area contributed by atoms with E-state index >= 15 is 0 Å². The van der Waals surface area contributed by atoms with Crippen LogP contribution >= 0.6 is 11.6 Å². The van der Waals surface area contributed by atoms with Crippen molar-refractivity contribution in [2.75, 3.05) is 11.4 Å². The second-order valence-electron chi connectivity index (χ2n) is 5.09. The molecule has 0 N–H and O–H groups in total. The molecular weight excluding hydrogens is 317 g/mol. The van der Waals surface area contributed by atoms with Crippen LogP contribution in [0.4, 0.5) is 10.1 Å². The van der Waals surface area contributed by atoms with Crippen molar-refractivity contribution in [1.29, 1.82) is 0 Å². The van der Waals surface area contributed by atoms with Crippen LogP contribution in [0.3, 0.4) is 0 Å². The molecule has 23 heavy (non-hydrogen) atoms. The van der Waals surface area contributed by atoms with Crippen LogP contribution in [0, 0.1) is 5.82 Å². The molecule has 0 heterocycles. The number of hydrogen-bond donors (Lipinski definition) is 0. The molecule has 0 radical (unpaired) electrons. The molecule has 0 atom stereocenters. The largest absolute Gasteiger partial charge is 0.337 e. The lowest BCUT2D eigenvalue weighted by atomic mass is 9.91. The highest BCUT2D eigenvalue weighted by Gasteiger charge is 2.34. The van der Waals surface area contributed by atoms with Gasteiger partial charge in [0.05, 0.1) is 0 Å². The number of likely N-dealkylation sites (N-methyl/N-ethyl adjacent to an activating group) is 1. The Balaban J connectivity index is 2.13. The number of carbonyl (C=O) groups is 2. The molecule has 0 aromatic heterocycles. The van der Waals surface area contributed by atoms with Crippen molar-refractivity contribution in [3.05, 3.63) is 76.2 Å². The molecule has 0 amide bonds. The third-order valence-electron chi connectivity index (χ3n) is 3.76. The molecule has 1 aliphatic rings. The maximum Gasteiger partial charge on any atom is 0.211 e. The maximum atomic E-state index is 13.1. The first-order chi connectivity index (χ1) is 11.0. The lowest BCUT2D eigenvalue weighted by Crippen LogP contribution is -2.33. The maximum absolute atomic E-state index is 13.1. The highest BCUT2D eigenvalue weighted by molar-refractivity contribution is 6.50. The highest BCUT2D eigenvalue weighted by atomic mass is 35.5.